The second-order valence-corrected chi connectivity index (χ2v) is 4.90. The predicted molar refractivity (Wildman–Crippen MR) is 76.2 cm³/mol. The van der Waals surface area contributed by atoms with Gasteiger partial charge in [-0.2, -0.15) is 0 Å². The van der Waals surface area contributed by atoms with E-state index in [9.17, 15) is 9.59 Å². The molecule has 1 aliphatic heterocycles. The SMILES string of the molecule is O=C(c1ccc(=O)[nH]c1)N1CC[C@@H](Oc2ccncc2)C1. The molecule has 6 nitrogen and oxygen atoms in total. The number of hydrogen-bond acceptors (Lipinski definition) is 4. The third-order valence-corrected chi connectivity index (χ3v) is 3.42. The lowest BCUT2D eigenvalue weighted by atomic mass is 10.2. The summed E-state index contributed by atoms with van der Waals surface area (Å²) in [5, 5.41) is 0. The topological polar surface area (TPSA) is 75.3 Å². The van der Waals surface area contributed by atoms with Crippen molar-refractivity contribution in [2.45, 2.75) is 12.5 Å². The number of likely N-dealkylation sites (tertiary alicyclic amines) is 1. The first kappa shape index (κ1) is 13.4. The van der Waals surface area contributed by atoms with E-state index in [0.29, 0.717) is 18.7 Å². The van der Waals surface area contributed by atoms with Crippen molar-refractivity contribution in [2.24, 2.45) is 0 Å². The Hall–Kier alpha value is -2.63. The normalized spacial score (nSPS) is 17.7. The smallest absolute Gasteiger partial charge is 0.255 e. The molecule has 0 bridgehead atoms. The predicted octanol–water partition coefficient (Wildman–Crippen LogP) is 1.06. The zero-order valence-corrected chi connectivity index (χ0v) is 11.4. The van der Waals surface area contributed by atoms with Crippen LogP contribution in [0.3, 0.4) is 0 Å². The Bertz CT molecular complexity index is 664. The van der Waals surface area contributed by atoms with Gasteiger partial charge in [0.1, 0.15) is 11.9 Å². The molecule has 6 heteroatoms. The molecule has 1 aliphatic rings. The van der Waals surface area contributed by atoms with Crippen molar-refractivity contribution in [3.63, 3.8) is 0 Å². The molecule has 1 saturated heterocycles. The number of aromatic amines is 1. The molecule has 1 amide bonds. The molecule has 0 aromatic carbocycles. The quantitative estimate of drug-likeness (QED) is 0.915. The Kier molecular flexibility index (Phi) is 3.68. The van der Waals surface area contributed by atoms with Crippen LogP contribution in [0.1, 0.15) is 16.8 Å². The maximum absolute atomic E-state index is 12.3. The van der Waals surface area contributed by atoms with E-state index >= 15 is 0 Å². The molecule has 1 atom stereocenters. The minimum absolute atomic E-state index is 0.0147. The van der Waals surface area contributed by atoms with Gasteiger partial charge < -0.3 is 14.6 Å². The van der Waals surface area contributed by atoms with E-state index in [2.05, 4.69) is 9.97 Å². The van der Waals surface area contributed by atoms with E-state index in [1.54, 1.807) is 29.4 Å². The molecule has 3 rings (SSSR count). The van der Waals surface area contributed by atoms with Crippen LogP contribution in [-0.2, 0) is 0 Å². The lowest BCUT2D eigenvalue weighted by Gasteiger charge is -2.17. The number of carbonyl (C=O) groups excluding carboxylic acids is 1. The van der Waals surface area contributed by atoms with Crippen molar-refractivity contribution in [1.29, 1.82) is 0 Å². The highest BCUT2D eigenvalue weighted by Crippen LogP contribution is 2.18. The highest BCUT2D eigenvalue weighted by atomic mass is 16.5. The molecule has 108 valence electrons. The van der Waals surface area contributed by atoms with E-state index in [0.717, 1.165) is 12.2 Å². The molecular formula is C15H15N3O3. The first-order chi connectivity index (χ1) is 10.2. The number of nitrogens with zero attached hydrogens (tertiary/aromatic N) is 2. The minimum Gasteiger partial charge on any atom is -0.488 e. The standard InChI is InChI=1S/C15H15N3O3/c19-14-2-1-11(9-17-14)15(20)18-8-5-13(10-18)21-12-3-6-16-7-4-12/h1-4,6-7,9,13H,5,8,10H2,(H,17,19)/t13-/m1/s1. The van der Waals surface area contributed by atoms with Crippen molar-refractivity contribution in [3.8, 4) is 5.75 Å². The Morgan fingerprint density at radius 2 is 2.10 bits per heavy atom. The summed E-state index contributed by atoms with van der Waals surface area (Å²) in [6.07, 6.45) is 5.57. The molecule has 0 unspecified atom stereocenters. The fourth-order valence-electron chi connectivity index (χ4n) is 2.34. The van der Waals surface area contributed by atoms with Gasteiger partial charge in [-0.1, -0.05) is 0 Å². The maximum atomic E-state index is 12.3. The van der Waals surface area contributed by atoms with Gasteiger partial charge in [0.05, 0.1) is 12.1 Å². The number of rotatable bonds is 3. The number of aromatic nitrogens is 2. The van der Waals surface area contributed by atoms with Gasteiger partial charge >= 0.3 is 0 Å². The van der Waals surface area contributed by atoms with Gasteiger partial charge in [0.15, 0.2) is 0 Å². The highest BCUT2D eigenvalue weighted by Gasteiger charge is 2.28. The molecule has 3 heterocycles. The first-order valence-electron chi connectivity index (χ1n) is 6.77. The molecule has 0 spiro atoms. The Morgan fingerprint density at radius 3 is 2.81 bits per heavy atom. The number of carbonyl (C=O) groups is 1. The fourth-order valence-corrected chi connectivity index (χ4v) is 2.34. The summed E-state index contributed by atoms with van der Waals surface area (Å²) in [5.74, 6) is 0.667. The van der Waals surface area contributed by atoms with Crippen LogP contribution in [0, 0.1) is 0 Å². The van der Waals surface area contributed by atoms with E-state index < -0.39 is 0 Å². The Morgan fingerprint density at radius 1 is 1.29 bits per heavy atom. The van der Waals surface area contributed by atoms with Crippen LogP contribution in [0.2, 0.25) is 0 Å². The van der Waals surface area contributed by atoms with E-state index in [4.69, 9.17) is 4.74 Å². The molecule has 1 N–H and O–H groups in total. The van der Waals surface area contributed by atoms with Crippen molar-refractivity contribution in [1.82, 2.24) is 14.9 Å². The average molecular weight is 285 g/mol. The molecule has 2 aromatic heterocycles. The summed E-state index contributed by atoms with van der Waals surface area (Å²) in [5.41, 5.74) is 0.269. The number of nitrogens with one attached hydrogen (secondary N) is 1. The first-order valence-corrected chi connectivity index (χ1v) is 6.77. The maximum Gasteiger partial charge on any atom is 0.255 e. The summed E-state index contributed by atoms with van der Waals surface area (Å²) in [6.45, 7) is 1.19. The van der Waals surface area contributed by atoms with Crippen molar-refractivity contribution < 1.29 is 9.53 Å². The molecule has 0 radical (unpaired) electrons. The van der Waals surface area contributed by atoms with Crippen molar-refractivity contribution in [3.05, 3.63) is 58.8 Å². The average Bonchev–Trinajstić information content (AvgIpc) is 2.97. The highest BCUT2D eigenvalue weighted by molar-refractivity contribution is 5.94. The summed E-state index contributed by atoms with van der Waals surface area (Å²) in [4.78, 5) is 31.5. The molecule has 0 saturated carbocycles. The number of ether oxygens (including phenoxy) is 1. The molecule has 2 aromatic rings. The van der Waals surface area contributed by atoms with Crippen molar-refractivity contribution >= 4 is 5.91 Å². The van der Waals surface area contributed by atoms with Gasteiger partial charge in [-0.05, 0) is 18.2 Å². The molecule has 21 heavy (non-hydrogen) atoms. The molecular weight excluding hydrogens is 270 g/mol. The van der Waals surface area contributed by atoms with Crippen LogP contribution < -0.4 is 10.3 Å². The summed E-state index contributed by atoms with van der Waals surface area (Å²) in [7, 11) is 0. The van der Waals surface area contributed by atoms with Crippen molar-refractivity contribution in [2.75, 3.05) is 13.1 Å². The van der Waals surface area contributed by atoms with Gasteiger partial charge in [-0.15, -0.1) is 0 Å². The minimum atomic E-state index is -0.216. The van der Waals surface area contributed by atoms with Gasteiger partial charge in [0, 0.05) is 37.6 Å². The van der Waals surface area contributed by atoms with Crippen LogP contribution >= 0.6 is 0 Å². The van der Waals surface area contributed by atoms with Crippen LogP contribution in [0.4, 0.5) is 0 Å². The van der Waals surface area contributed by atoms with Crippen LogP contribution in [0.25, 0.3) is 0 Å². The molecule has 0 aliphatic carbocycles. The molecule has 1 fully saturated rings. The Labute approximate surface area is 121 Å². The number of amides is 1. The van der Waals surface area contributed by atoms with Gasteiger partial charge in [0.2, 0.25) is 5.56 Å². The second kappa shape index (κ2) is 5.78. The lowest BCUT2D eigenvalue weighted by molar-refractivity contribution is 0.0772. The fraction of sp³-hybridized carbons (Fsp3) is 0.267. The number of pyridine rings is 2. The van der Waals surface area contributed by atoms with Gasteiger partial charge in [0.25, 0.3) is 5.91 Å². The summed E-state index contributed by atoms with van der Waals surface area (Å²) in [6, 6.07) is 6.49. The summed E-state index contributed by atoms with van der Waals surface area (Å²) >= 11 is 0. The lowest BCUT2D eigenvalue weighted by Crippen LogP contribution is -2.31. The van der Waals surface area contributed by atoms with Crippen LogP contribution in [-0.4, -0.2) is 40.0 Å². The van der Waals surface area contributed by atoms with Crippen LogP contribution in [0.5, 0.6) is 5.75 Å². The second-order valence-electron chi connectivity index (χ2n) is 4.90. The third-order valence-electron chi connectivity index (χ3n) is 3.42. The summed E-state index contributed by atoms with van der Waals surface area (Å²) < 4.78 is 5.82. The largest absolute Gasteiger partial charge is 0.488 e. The van der Waals surface area contributed by atoms with E-state index in [-0.39, 0.29) is 17.6 Å². The third kappa shape index (κ3) is 3.10. The zero-order chi connectivity index (χ0) is 14.7. The zero-order valence-electron chi connectivity index (χ0n) is 11.4. The van der Waals surface area contributed by atoms with E-state index in [1.165, 1.54) is 18.3 Å². The monoisotopic (exact) mass is 285 g/mol. The van der Waals surface area contributed by atoms with Gasteiger partial charge in [-0.25, -0.2) is 0 Å². The van der Waals surface area contributed by atoms with Gasteiger partial charge in [-0.3, -0.25) is 14.6 Å². The number of hydrogen-bond donors (Lipinski definition) is 1. The number of H-pyrrole nitrogens is 1. The van der Waals surface area contributed by atoms with Crippen LogP contribution in [0.15, 0.2) is 47.7 Å². The van der Waals surface area contributed by atoms with E-state index in [1.807, 2.05) is 0 Å². The Balaban J connectivity index is 1.63.